The Morgan fingerprint density at radius 3 is 1.59 bits per heavy atom. The van der Waals surface area contributed by atoms with E-state index < -0.39 is 0 Å². The fourth-order valence-electron chi connectivity index (χ4n) is 2.97. The third-order valence-electron chi connectivity index (χ3n) is 4.23. The van der Waals surface area contributed by atoms with E-state index in [0.717, 1.165) is 19.6 Å². The first-order chi connectivity index (χ1) is 10.7. The van der Waals surface area contributed by atoms with Crippen LogP contribution in [-0.4, -0.2) is 19.0 Å². The molecule has 0 aromatic heterocycles. The molecule has 22 heavy (non-hydrogen) atoms. The molecule has 133 valence electrons. The molecule has 0 fully saturated rings. The van der Waals surface area contributed by atoms with Crippen molar-refractivity contribution in [2.24, 2.45) is 0 Å². The maximum atomic E-state index is 5.75. The van der Waals surface area contributed by atoms with Gasteiger partial charge in [-0.25, -0.2) is 0 Å². The fraction of sp³-hybridized carbons (Fsp3) is 0.950. The molecule has 0 heterocycles. The van der Waals surface area contributed by atoms with Gasteiger partial charge in [0.2, 0.25) is 0 Å². The number of rotatable bonds is 17. The lowest BCUT2D eigenvalue weighted by molar-refractivity contribution is -0.225. The summed E-state index contributed by atoms with van der Waals surface area (Å²) in [5.41, 5.74) is 0. The molecule has 0 saturated carbocycles. The van der Waals surface area contributed by atoms with Gasteiger partial charge in [0.15, 0.2) is 5.79 Å². The Hall–Kier alpha value is -0.0800. The standard InChI is InChI=1S/C20H41O2/c1-5-8-9-10-11-12-13-14-15-16-17-18-19-20(4,21-6-2)22-7-3/h8H,5-7,9-19H2,1-4H3. The molecule has 0 atom stereocenters. The summed E-state index contributed by atoms with van der Waals surface area (Å²) in [7, 11) is 0. The lowest BCUT2D eigenvalue weighted by atomic mass is 10.0. The summed E-state index contributed by atoms with van der Waals surface area (Å²) in [5, 5.41) is 0. The van der Waals surface area contributed by atoms with Crippen molar-refractivity contribution in [2.45, 2.75) is 111 Å². The van der Waals surface area contributed by atoms with E-state index in [1.807, 2.05) is 13.8 Å². The van der Waals surface area contributed by atoms with Crippen molar-refractivity contribution in [3.63, 3.8) is 0 Å². The first-order valence-electron chi connectivity index (χ1n) is 9.78. The second-order valence-corrected chi connectivity index (χ2v) is 6.42. The van der Waals surface area contributed by atoms with Gasteiger partial charge in [0.25, 0.3) is 0 Å². The van der Waals surface area contributed by atoms with Gasteiger partial charge in [0.1, 0.15) is 0 Å². The molecule has 0 spiro atoms. The van der Waals surface area contributed by atoms with E-state index >= 15 is 0 Å². The van der Waals surface area contributed by atoms with Gasteiger partial charge in [-0.2, -0.15) is 0 Å². The van der Waals surface area contributed by atoms with Crippen molar-refractivity contribution in [3.05, 3.63) is 6.42 Å². The average molecular weight is 314 g/mol. The van der Waals surface area contributed by atoms with E-state index in [9.17, 15) is 0 Å². The second-order valence-electron chi connectivity index (χ2n) is 6.42. The van der Waals surface area contributed by atoms with E-state index in [0.29, 0.717) is 0 Å². The van der Waals surface area contributed by atoms with Crippen molar-refractivity contribution in [1.29, 1.82) is 0 Å². The first-order valence-corrected chi connectivity index (χ1v) is 9.78. The monoisotopic (exact) mass is 313 g/mol. The smallest absolute Gasteiger partial charge is 0.165 e. The summed E-state index contributed by atoms with van der Waals surface area (Å²) in [6, 6.07) is 0. The number of unbranched alkanes of at least 4 members (excludes halogenated alkanes) is 11. The van der Waals surface area contributed by atoms with Gasteiger partial charge >= 0.3 is 0 Å². The molecule has 0 aromatic carbocycles. The van der Waals surface area contributed by atoms with Gasteiger partial charge in [0, 0.05) is 19.6 Å². The maximum Gasteiger partial charge on any atom is 0.165 e. The van der Waals surface area contributed by atoms with E-state index in [1.165, 1.54) is 70.6 Å². The number of hydrogen-bond donors (Lipinski definition) is 0. The minimum atomic E-state index is -0.362. The Bertz CT molecular complexity index is 210. The highest BCUT2D eigenvalue weighted by molar-refractivity contribution is 4.63. The SMILES string of the molecule is CC[CH]CCCCCCCCCCCC(C)(OCC)OCC. The van der Waals surface area contributed by atoms with Gasteiger partial charge in [-0.05, 0) is 33.6 Å². The molecule has 0 N–H and O–H groups in total. The zero-order valence-corrected chi connectivity index (χ0v) is 15.8. The fourth-order valence-corrected chi connectivity index (χ4v) is 2.97. The Morgan fingerprint density at radius 2 is 1.14 bits per heavy atom. The van der Waals surface area contributed by atoms with Crippen molar-refractivity contribution in [2.75, 3.05) is 13.2 Å². The molecule has 0 amide bonds. The largest absolute Gasteiger partial charge is 0.351 e. The average Bonchev–Trinajstić information content (AvgIpc) is 2.49. The van der Waals surface area contributed by atoms with Crippen LogP contribution in [0.25, 0.3) is 0 Å². The van der Waals surface area contributed by atoms with Gasteiger partial charge < -0.3 is 9.47 Å². The summed E-state index contributed by atoms with van der Waals surface area (Å²) in [5.74, 6) is -0.362. The summed E-state index contributed by atoms with van der Waals surface area (Å²) in [4.78, 5) is 0. The minimum Gasteiger partial charge on any atom is -0.351 e. The third kappa shape index (κ3) is 13.6. The molecule has 0 aliphatic rings. The quantitative estimate of drug-likeness (QED) is 0.220. The highest BCUT2D eigenvalue weighted by Crippen LogP contribution is 2.21. The van der Waals surface area contributed by atoms with Crippen LogP contribution < -0.4 is 0 Å². The van der Waals surface area contributed by atoms with Crippen molar-refractivity contribution < 1.29 is 9.47 Å². The molecule has 1 radical (unpaired) electrons. The van der Waals surface area contributed by atoms with Crippen LogP contribution in [0.15, 0.2) is 0 Å². The van der Waals surface area contributed by atoms with Crippen LogP contribution in [0.2, 0.25) is 0 Å². The number of ether oxygens (including phenoxy) is 2. The van der Waals surface area contributed by atoms with Crippen molar-refractivity contribution in [1.82, 2.24) is 0 Å². The van der Waals surface area contributed by atoms with Gasteiger partial charge in [-0.3, -0.25) is 0 Å². The molecule has 0 unspecified atom stereocenters. The Balaban J connectivity index is 3.34. The zero-order valence-electron chi connectivity index (χ0n) is 15.8. The lowest BCUT2D eigenvalue weighted by Crippen LogP contribution is -2.32. The Kier molecular flexibility index (Phi) is 15.7. The van der Waals surface area contributed by atoms with E-state index in [4.69, 9.17) is 9.47 Å². The van der Waals surface area contributed by atoms with Crippen LogP contribution >= 0.6 is 0 Å². The molecular weight excluding hydrogens is 272 g/mol. The van der Waals surface area contributed by atoms with E-state index in [2.05, 4.69) is 20.3 Å². The Morgan fingerprint density at radius 1 is 0.682 bits per heavy atom. The van der Waals surface area contributed by atoms with Crippen molar-refractivity contribution >= 4 is 0 Å². The van der Waals surface area contributed by atoms with Crippen molar-refractivity contribution in [3.8, 4) is 0 Å². The van der Waals surface area contributed by atoms with Crippen LogP contribution in [0, 0.1) is 6.42 Å². The predicted octanol–water partition coefficient (Wildman–Crippen LogP) is 6.68. The molecule has 0 saturated heterocycles. The van der Waals surface area contributed by atoms with Gasteiger partial charge in [-0.15, -0.1) is 0 Å². The third-order valence-corrected chi connectivity index (χ3v) is 4.23. The lowest BCUT2D eigenvalue weighted by Gasteiger charge is -2.29. The molecule has 2 nitrogen and oxygen atoms in total. The van der Waals surface area contributed by atoms with Crippen LogP contribution in [0.3, 0.4) is 0 Å². The van der Waals surface area contributed by atoms with Gasteiger partial charge in [-0.1, -0.05) is 71.1 Å². The highest BCUT2D eigenvalue weighted by atomic mass is 16.7. The molecule has 0 aliphatic heterocycles. The van der Waals surface area contributed by atoms with Crippen LogP contribution in [0.5, 0.6) is 0 Å². The topological polar surface area (TPSA) is 18.5 Å². The van der Waals surface area contributed by atoms with Crippen LogP contribution in [0.1, 0.15) is 105 Å². The predicted molar refractivity (Wildman–Crippen MR) is 97.0 cm³/mol. The zero-order chi connectivity index (χ0) is 16.5. The Labute approximate surface area is 140 Å². The molecular formula is C20H41O2. The summed E-state index contributed by atoms with van der Waals surface area (Å²) in [6.07, 6.45) is 18.3. The minimum absolute atomic E-state index is 0.362. The highest BCUT2D eigenvalue weighted by Gasteiger charge is 2.23. The maximum absolute atomic E-state index is 5.75. The van der Waals surface area contributed by atoms with E-state index in [1.54, 1.807) is 0 Å². The second kappa shape index (κ2) is 15.8. The molecule has 2 heteroatoms. The number of hydrogen-bond acceptors (Lipinski definition) is 2. The molecule has 0 rings (SSSR count). The van der Waals surface area contributed by atoms with E-state index in [-0.39, 0.29) is 5.79 Å². The first kappa shape index (κ1) is 21.9. The molecule has 0 bridgehead atoms. The normalized spacial score (nSPS) is 12.0. The molecule has 0 aromatic rings. The van der Waals surface area contributed by atoms with Crippen LogP contribution in [-0.2, 0) is 9.47 Å². The summed E-state index contributed by atoms with van der Waals surface area (Å²) < 4.78 is 11.5. The molecule has 0 aliphatic carbocycles. The van der Waals surface area contributed by atoms with Gasteiger partial charge in [0.05, 0.1) is 0 Å². The van der Waals surface area contributed by atoms with Crippen LogP contribution in [0.4, 0.5) is 0 Å². The summed E-state index contributed by atoms with van der Waals surface area (Å²) >= 11 is 0. The summed E-state index contributed by atoms with van der Waals surface area (Å²) in [6.45, 7) is 9.84.